The molecule has 1 aliphatic heterocycles. The minimum absolute atomic E-state index is 0.0115. The van der Waals surface area contributed by atoms with Crippen molar-refractivity contribution in [1.82, 2.24) is 4.98 Å². The van der Waals surface area contributed by atoms with Gasteiger partial charge in [0.15, 0.2) is 12.4 Å². The third-order valence-electron chi connectivity index (χ3n) is 7.71. The second-order valence-electron chi connectivity index (χ2n) is 10.3. The fourth-order valence-corrected chi connectivity index (χ4v) is 5.98. The molecule has 41 heavy (non-hydrogen) atoms. The van der Waals surface area contributed by atoms with Crippen molar-refractivity contribution >= 4 is 56.1 Å². The van der Waals surface area contributed by atoms with Gasteiger partial charge in [0.25, 0.3) is 0 Å². The lowest BCUT2D eigenvalue weighted by Gasteiger charge is -2.22. The molecule has 0 saturated carbocycles. The lowest BCUT2D eigenvalue weighted by molar-refractivity contribution is -0.122. The van der Waals surface area contributed by atoms with E-state index in [0.29, 0.717) is 39.8 Å². The Labute approximate surface area is 245 Å². The topological polar surface area (TPSA) is 93.6 Å². The van der Waals surface area contributed by atoms with Gasteiger partial charge >= 0.3 is 5.97 Å². The van der Waals surface area contributed by atoms with Crippen molar-refractivity contribution in [1.29, 1.82) is 0 Å². The SMILES string of the molecule is C[C@@H]1C=CC[C@@H]2C(=O)N(c3ccc(-c4cc(C(=O)OCC(=O)c5ccccc5)c5cc(Br)ccc5n4)cc3)C(=O)[C@@H]12. The minimum atomic E-state index is -0.642. The van der Waals surface area contributed by atoms with Gasteiger partial charge in [0.2, 0.25) is 11.8 Å². The number of hydrogen-bond donors (Lipinski definition) is 0. The average molecular weight is 609 g/mol. The van der Waals surface area contributed by atoms with Crippen molar-refractivity contribution in [3.05, 3.63) is 107 Å². The Bertz CT molecular complexity index is 1730. The fraction of sp³-hybridized carbons (Fsp3) is 0.182. The summed E-state index contributed by atoms with van der Waals surface area (Å²) in [5.41, 5.74) is 3.02. The van der Waals surface area contributed by atoms with Crippen LogP contribution in [0, 0.1) is 17.8 Å². The van der Waals surface area contributed by atoms with Gasteiger partial charge in [0, 0.05) is 21.0 Å². The number of carbonyl (C=O) groups excluding carboxylic acids is 4. The van der Waals surface area contributed by atoms with Crippen LogP contribution < -0.4 is 4.90 Å². The van der Waals surface area contributed by atoms with Gasteiger partial charge in [-0.15, -0.1) is 0 Å². The molecule has 3 aromatic carbocycles. The first-order valence-corrected chi connectivity index (χ1v) is 14.1. The maximum Gasteiger partial charge on any atom is 0.339 e. The number of rotatable bonds is 6. The molecule has 2 heterocycles. The Kier molecular flexibility index (Phi) is 7.09. The first-order valence-electron chi connectivity index (χ1n) is 13.3. The number of ketones is 1. The van der Waals surface area contributed by atoms with E-state index in [9.17, 15) is 19.2 Å². The van der Waals surface area contributed by atoms with Crippen molar-refractivity contribution in [2.45, 2.75) is 13.3 Å². The van der Waals surface area contributed by atoms with E-state index in [-0.39, 0.29) is 40.9 Å². The quantitative estimate of drug-likeness (QED) is 0.109. The molecule has 8 heteroatoms. The largest absolute Gasteiger partial charge is 0.454 e. The van der Waals surface area contributed by atoms with Crippen LogP contribution in [0.4, 0.5) is 5.69 Å². The molecule has 0 N–H and O–H groups in total. The molecule has 2 aliphatic rings. The highest BCUT2D eigenvalue weighted by atomic mass is 79.9. The number of allylic oxidation sites excluding steroid dienone is 2. The molecule has 1 aliphatic carbocycles. The molecular weight excluding hydrogens is 584 g/mol. The lowest BCUT2D eigenvalue weighted by atomic mass is 9.78. The molecule has 0 radical (unpaired) electrons. The number of benzene rings is 3. The third kappa shape index (κ3) is 5.00. The van der Waals surface area contributed by atoms with E-state index in [2.05, 4.69) is 15.9 Å². The summed E-state index contributed by atoms with van der Waals surface area (Å²) in [6, 6.07) is 22.7. The number of halogens is 1. The number of nitrogens with zero attached hydrogens (tertiary/aromatic N) is 2. The Hall–Kier alpha value is -4.43. The first-order chi connectivity index (χ1) is 19.8. The zero-order valence-electron chi connectivity index (χ0n) is 22.1. The number of amides is 2. The fourth-order valence-electron chi connectivity index (χ4n) is 5.61. The third-order valence-corrected chi connectivity index (χ3v) is 8.21. The van der Waals surface area contributed by atoms with Crippen LogP contribution in [0.25, 0.3) is 22.2 Å². The van der Waals surface area contributed by atoms with Crippen molar-refractivity contribution in [2.75, 3.05) is 11.5 Å². The van der Waals surface area contributed by atoms with Crippen molar-refractivity contribution in [3.8, 4) is 11.3 Å². The average Bonchev–Trinajstić information content (AvgIpc) is 3.25. The zero-order valence-corrected chi connectivity index (χ0v) is 23.7. The second-order valence-corrected chi connectivity index (χ2v) is 11.2. The van der Waals surface area contributed by atoms with Crippen LogP contribution in [0.2, 0.25) is 0 Å². The molecular formula is C33H25BrN2O5. The molecule has 7 nitrogen and oxygen atoms in total. The summed E-state index contributed by atoms with van der Waals surface area (Å²) in [6.45, 7) is 1.58. The van der Waals surface area contributed by atoms with Gasteiger partial charge in [0.1, 0.15) is 0 Å². The Morgan fingerprint density at radius 2 is 1.73 bits per heavy atom. The number of Topliss-reactive ketones (excluding diaryl/α,β-unsaturated/α-hetero) is 1. The van der Waals surface area contributed by atoms with Crippen molar-refractivity contribution in [2.24, 2.45) is 17.8 Å². The molecule has 1 fully saturated rings. The number of pyridine rings is 1. The maximum atomic E-state index is 13.2. The van der Waals surface area contributed by atoms with E-state index in [1.165, 1.54) is 4.90 Å². The summed E-state index contributed by atoms with van der Waals surface area (Å²) < 4.78 is 6.20. The summed E-state index contributed by atoms with van der Waals surface area (Å²) in [5.74, 6) is -1.94. The summed E-state index contributed by atoms with van der Waals surface area (Å²) in [5, 5.41) is 0.579. The number of fused-ring (bicyclic) bond motifs is 2. The van der Waals surface area contributed by atoms with Gasteiger partial charge in [-0.25, -0.2) is 9.78 Å². The monoisotopic (exact) mass is 608 g/mol. The molecule has 4 aromatic rings. The van der Waals surface area contributed by atoms with E-state index in [0.717, 1.165) is 4.47 Å². The van der Waals surface area contributed by atoms with Gasteiger partial charge in [-0.2, -0.15) is 0 Å². The number of esters is 1. The van der Waals surface area contributed by atoms with E-state index in [4.69, 9.17) is 9.72 Å². The Morgan fingerprint density at radius 3 is 2.46 bits per heavy atom. The zero-order chi connectivity index (χ0) is 28.7. The smallest absolute Gasteiger partial charge is 0.339 e. The van der Waals surface area contributed by atoms with Crippen LogP contribution in [0.15, 0.2) is 95.5 Å². The normalized spacial score (nSPS) is 19.9. The predicted octanol–water partition coefficient (Wildman–Crippen LogP) is 6.41. The van der Waals surface area contributed by atoms with E-state index in [1.54, 1.807) is 66.7 Å². The molecule has 204 valence electrons. The van der Waals surface area contributed by atoms with Gasteiger partial charge in [-0.1, -0.05) is 77.5 Å². The Balaban J connectivity index is 1.29. The van der Waals surface area contributed by atoms with Gasteiger partial charge in [-0.3, -0.25) is 19.3 Å². The molecule has 6 rings (SSSR count). The standard InChI is InChI=1S/C33H25BrN2O5/c1-19-6-5-9-24-30(19)32(39)36(31(24)38)23-13-10-20(11-14-23)28-17-26(25-16-22(34)12-15-27(25)35-28)33(40)41-18-29(37)21-7-3-2-4-8-21/h2-8,10-17,19,24,30H,9,18H2,1H3/t19-,24+,30+/m1/s1. The van der Waals surface area contributed by atoms with E-state index >= 15 is 0 Å². The number of imide groups is 1. The van der Waals surface area contributed by atoms with E-state index in [1.807, 2.05) is 31.2 Å². The van der Waals surface area contributed by atoms with Gasteiger partial charge in [0.05, 0.1) is 34.3 Å². The molecule has 0 bridgehead atoms. The van der Waals surface area contributed by atoms with Gasteiger partial charge < -0.3 is 4.74 Å². The number of aromatic nitrogens is 1. The molecule has 0 unspecified atom stereocenters. The summed E-state index contributed by atoms with van der Waals surface area (Å²) in [7, 11) is 0. The first kappa shape index (κ1) is 26.8. The summed E-state index contributed by atoms with van der Waals surface area (Å²) in [6.07, 6.45) is 4.55. The highest BCUT2D eigenvalue weighted by molar-refractivity contribution is 9.10. The van der Waals surface area contributed by atoms with Crippen molar-refractivity contribution < 1.29 is 23.9 Å². The number of anilines is 1. The maximum absolute atomic E-state index is 13.2. The minimum Gasteiger partial charge on any atom is -0.454 e. The van der Waals surface area contributed by atoms with Gasteiger partial charge in [-0.05, 0) is 48.7 Å². The van der Waals surface area contributed by atoms with Crippen LogP contribution >= 0.6 is 15.9 Å². The summed E-state index contributed by atoms with van der Waals surface area (Å²) >= 11 is 3.45. The van der Waals surface area contributed by atoms with E-state index < -0.39 is 12.6 Å². The Morgan fingerprint density at radius 1 is 0.976 bits per heavy atom. The van der Waals surface area contributed by atoms with Crippen LogP contribution in [0.3, 0.4) is 0 Å². The second kappa shape index (κ2) is 10.9. The molecule has 1 aromatic heterocycles. The lowest BCUT2D eigenvalue weighted by Crippen LogP contribution is -2.31. The van der Waals surface area contributed by atoms with Crippen LogP contribution in [0.1, 0.15) is 34.1 Å². The highest BCUT2D eigenvalue weighted by Gasteiger charge is 2.50. The molecule has 3 atom stereocenters. The summed E-state index contributed by atoms with van der Waals surface area (Å²) in [4.78, 5) is 58.1. The molecule has 1 saturated heterocycles. The predicted molar refractivity (Wildman–Crippen MR) is 158 cm³/mol. The molecule has 2 amide bonds. The number of hydrogen-bond acceptors (Lipinski definition) is 6. The highest BCUT2D eigenvalue weighted by Crippen LogP contribution is 2.40. The molecule has 0 spiro atoms. The van der Waals surface area contributed by atoms with Crippen LogP contribution in [0.5, 0.6) is 0 Å². The van der Waals surface area contributed by atoms with Crippen molar-refractivity contribution in [3.63, 3.8) is 0 Å². The van der Waals surface area contributed by atoms with Crippen LogP contribution in [-0.4, -0.2) is 35.2 Å². The number of ether oxygens (including phenoxy) is 1. The van der Waals surface area contributed by atoms with Crippen LogP contribution in [-0.2, 0) is 14.3 Å². The number of carbonyl (C=O) groups is 4.